The Kier molecular flexibility index (Phi) is 10.7. The number of benzene rings is 3. The molecule has 0 saturated carbocycles. The number of alkyl carbamates (subject to hydrolysis) is 1. The second-order valence-electron chi connectivity index (χ2n) is 12.6. The Hall–Kier alpha value is -4.96. The molecular formula is C37H42N4O6. The zero-order valence-corrected chi connectivity index (χ0v) is 27.0. The summed E-state index contributed by atoms with van der Waals surface area (Å²) in [6.45, 7) is 5.92. The van der Waals surface area contributed by atoms with Crippen molar-refractivity contribution >= 4 is 34.6 Å². The van der Waals surface area contributed by atoms with Crippen LogP contribution in [0.4, 0.5) is 4.79 Å². The number of hydrogen-bond donors (Lipinski definition) is 4. The highest BCUT2D eigenvalue weighted by atomic mass is 16.6. The van der Waals surface area contributed by atoms with Gasteiger partial charge in [0.25, 0.3) is 0 Å². The Bertz CT molecular complexity index is 1680. The first-order chi connectivity index (χ1) is 22.6. The summed E-state index contributed by atoms with van der Waals surface area (Å²) in [5.74, 6) is -1.23. The number of aromatic amines is 1. The lowest BCUT2D eigenvalue weighted by molar-refractivity contribution is -0.133. The molecule has 47 heavy (non-hydrogen) atoms. The van der Waals surface area contributed by atoms with Crippen LogP contribution in [0, 0.1) is 5.92 Å². The average molecular weight is 639 g/mol. The van der Waals surface area contributed by atoms with Crippen molar-refractivity contribution in [2.45, 2.75) is 70.4 Å². The van der Waals surface area contributed by atoms with E-state index in [2.05, 4.69) is 20.9 Å². The number of ether oxygens (including phenoxy) is 2. The van der Waals surface area contributed by atoms with Crippen LogP contribution in [-0.2, 0) is 43.3 Å². The van der Waals surface area contributed by atoms with Crippen LogP contribution in [0.5, 0.6) is 0 Å². The quantitative estimate of drug-likeness (QED) is 0.140. The summed E-state index contributed by atoms with van der Waals surface area (Å²) in [6, 6.07) is 23.5. The predicted molar refractivity (Wildman–Crippen MR) is 178 cm³/mol. The van der Waals surface area contributed by atoms with Gasteiger partial charge in [-0.1, -0.05) is 92.7 Å². The van der Waals surface area contributed by atoms with Crippen molar-refractivity contribution in [1.29, 1.82) is 0 Å². The molecule has 0 bridgehead atoms. The normalized spacial score (nSPS) is 17.4. The van der Waals surface area contributed by atoms with Crippen molar-refractivity contribution in [3.8, 4) is 0 Å². The molecule has 1 aliphatic rings. The molecule has 1 aliphatic heterocycles. The Labute approximate surface area is 274 Å². The summed E-state index contributed by atoms with van der Waals surface area (Å²) in [5, 5.41) is 9.42. The summed E-state index contributed by atoms with van der Waals surface area (Å²) in [7, 11) is 0. The van der Waals surface area contributed by atoms with Gasteiger partial charge in [-0.2, -0.15) is 0 Å². The molecule has 0 spiro atoms. The van der Waals surface area contributed by atoms with Crippen LogP contribution in [0.1, 0.15) is 43.9 Å². The van der Waals surface area contributed by atoms with Gasteiger partial charge in [-0.05, 0) is 48.4 Å². The highest BCUT2D eigenvalue weighted by Crippen LogP contribution is 2.29. The van der Waals surface area contributed by atoms with Crippen LogP contribution in [0.25, 0.3) is 10.9 Å². The van der Waals surface area contributed by atoms with E-state index < -0.39 is 41.6 Å². The summed E-state index contributed by atoms with van der Waals surface area (Å²) in [6.07, 6.45) is 1.81. The first-order valence-corrected chi connectivity index (χ1v) is 16.0. The molecular weight excluding hydrogens is 596 g/mol. The standard InChI is InChI=1S/C37H42N4O6/c1-24(2)18-31(41-36(45)46-22-26-14-8-5-9-15-26)34(43)40-32(20-27-21-38-29-17-11-10-16-28(27)29)35(44)39-30(33(42)37(3)23-47-37)19-25-12-6-4-7-13-25/h4-17,21,24,30-32,38H,18-20,22-23H2,1-3H3,(H,39,44)(H,40,43)(H,41,45)/t30?,31-,32?,37?/m1/s1. The molecule has 10 heteroatoms. The van der Waals surface area contributed by atoms with Crippen LogP contribution < -0.4 is 16.0 Å². The molecule has 0 radical (unpaired) electrons. The highest BCUT2D eigenvalue weighted by molar-refractivity contribution is 5.99. The minimum atomic E-state index is -1.06. The van der Waals surface area contributed by atoms with E-state index in [0.29, 0.717) is 6.42 Å². The number of carbonyl (C=O) groups is 4. The topological polar surface area (TPSA) is 142 Å². The van der Waals surface area contributed by atoms with Gasteiger partial charge in [0.15, 0.2) is 5.78 Å². The lowest BCUT2D eigenvalue weighted by atomic mass is 9.94. The third kappa shape index (κ3) is 9.07. The van der Waals surface area contributed by atoms with E-state index in [9.17, 15) is 19.2 Å². The van der Waals surface area contributed by atoms with Gasteiger partial charge in [0.1, 0.15) is 24.3 Å². The van der Waals surface area contributed by atoms with Crippen LogP contribution in [0.3, 0.4) is 0 Å². The molecule has 1 fully saturated rings. The largest absolute Gasteiger partial charge is 0.445 e. The summed E-state index contributed by atoms with van der Waals surface area (Å²) in [4.78, 5) is 57.4. The molecule has 10 nitrogen and oxygen atoms in total. The SMILES string of the molecule is CC(C)C[C@@H](NC(=O)OCc1ccccc1)C(=O)NC(Cc1c[nH]c2ccccc12)C(=O)NC(Cc1ccccc1)C(=O)C1(C)CO1. The van der Waals surface area contributed by atoms with Gasteiger partial charge < -0.3 is 30.4 Å². The summed E-state index contributed by atoms with van der Waals surface area (Å²) in [5.41, 5.74) is 2.44. The second kappa shape index (κ2) is 15.1. The molecule has 246 valence electrons. The number of amides is 3. The average Bonchev–Trinajstić information content (AvgIpc) is 3.70. The molecule has 3 aromatic carbocycles. The number of carbonyl (C=O) groups excluding carboxylic acids is 4. The predicted octanol–water partition coefficient (Wildman–Crippen LogP) is 4.62. The van der Waals surface area contributed by atoms with Gasteiger partial charge in [0, 0.05) is 23.5 Å². The minimum Gasteiger partial charge on any atom is -0.445 e. The maximum atomic E-state index is 14.1. The number of H-pyrrole nitrogens is 1. The summed E-state index contributed by atoms with van der Waals surface area (Å²) < 4.78 is 10.8. The molecule has 4 N–H and O–H groups in total. The number of nitrogens with one attached hydrogen (secondary N) is 4. The van der Waals surface area contributed by atoms with E-state index in [1.54, 1.807) is 6.92 Å². The Morgan fingerprint density at radius 2 is 1.38 bits per heavy atom. The fourth-order valence-corrected chi connectivity index (χ4v) is 5.56. The molecule has 1 aromatic heterocycles. The fourth-order valence-electron chi connectivity index (χ4n) is 5.56. The van der Waals surface area contributed by atoms with Crippen molar-refractivity contribution in [3.63, 3.8) is 0 Å². The van der Waals surface area contributed by atoms with Crippen LogP contribution >= 0.6 is 0 Å². The Morgan fingerprint density at radius 1 is 0.787 bits per heavy atom. The number of fused-ring (bicyclic) bond motifs is 1. The lowest BCUT2D eigenvalue weighted by Crippen LogP contribution is -2.57. The van der Waals surface area contributed by atoms with Crippen LogP contribution in [-0.4, -0.2) is 59.0 Å². The third-order valence-electron chi connectivity index (χ3n) is 8.27. The zero-order valence-electron chi connectivity index (χ0n) is 27.0. The molecule has 4 atom stereocenters. The van der Waals surface area contributed by atoms with Crippen molar-refractivity contribution < 1.29 is 28.7 Å². The van der Waals surface area contributed by atoms with Crippen LogP contribution in [0.15, 0.2) is 91.1 Å². The molecule has 0 aliphatic carbocycles. The number of ketones is 1. The second-order valence-corrected chi connectivity index (χ2v) is 12.6. The minimum absolute atomic E-state index is 0.0493. The molecule has 1 saturated heterocycles. The maximum absolute atomic E-state index is 14.1. The van der Waals surface area contributed by atoms with E-state index in [0.717, 1.165) is 27.6 Å². The van der Waals surface area contributed by atoms with E-state index in [-0.39, 0.29) is 37.8 Å². The number of Topliss-reactive ketones (excluding diaryl/α,β-unsaturated/α-hetero) is 1. The first-order valence-electron chi connectivity index (χ1n) is 16.0. The van der Waals surface area contributed by atoms with Gasteiger partial charge in [-0.15, -0.1) is 0 Å². The molecule has 3 amide bonds. The van der Waals surface area contributed by atoms with Gasteiger partial charge in [-0.25, -0.2) is 4.79 Å². The molecule has 3 unspecified atom stereocenters. The van der Waals surface area contributed by atoms with E-state index in [1.165, 1.54) is 0 Å². The number of epoxide rings is 1. The van der Waals surface area contributed by atoms with Crippen molar-refractivity contribution in [1.82, 2.24) is 20.9 Å². The molecule has 4 aromatic rings. The Balaban J connectivity index is 1.36. The number of hydrogen-bond acceptors (Lipinski definition) is 6. The smallest absolute Gasteiger partial charge is 0.408 e. The number of rotatable bonds is 15. The van der Waals surface area contributed by atoms with Gasteiger partial charge in [0.2, 0.25) is 11.8 Å². The van der Waals surface area contributed by atoms with E-state index in [1.807, 2.05) is 105 Å². The van der Waals surface area contributed by atoms with Gasteiger partial charge >= 0.3 is 6.09 Å². The number of aromatic nitrogens is 1. The van der Waals surface area contributed by atoms with Gasteiger partial charge in [-0.3, -0.25) is 14.4 Å². The van der Waals surface area contributed by atoms with Crippen molar-refractivity contribution in [2.75, 3.05) is 6.61 Å². The Morgan fingerprint density at radius 3 is 2.04 bits per heavy atom. The van der Waals surface area contributed by atoms with E-state index >= 15 is 0 Å². The number of para-hydroxylation sites is 1. The first kappa shape index (κ1) is 33.4. The highest BCUT2D eigenvalue weighted by Gasteiger charge is 2.50. The lowest BCUT2D eigenvalue weighted by Gasteiger charge is -2.26. The third-order valence-corrected chi connectivity index (χ3v) is 8.27. The molecule has 2 heterocycles. The summed E-state index contributed by atoms with van der Waals surface area (Å²) >= 11 is 0. The van der Waals surface area contributed by atoms with Crippen LogP contribution in [0.2, 0.25) is 0 Å². The van der Waals surface area contributed by atoms with Gasteiger partial charge in [0.05, 0.1) is 12.6 Å². The van der Waals surface area contributed by atoms with Crippen molar-refractivity contribution in [2.24, 2.45) is 5.92 Å². The zero-order chi connectivity index (χ0) is 33.4. The van der Waals surface area contributed by atoms with Crippen molar-refractivity contribution in [3.05, 3.63) is 108 Å². The van der Waals surface area contributed by atoms with E-state index in [4.69, 9.17) is 9.47 Å². The fraction of sp³-hybridized carbons (Fsp3) is 0.351. The maximum Gasteiger partial charge on any atom is 0.408 e. The monoisotopic (exact) mass is 638 g/mol. The molecule has 5 rings (SSSR count).